The zero-order chi connectivity index (χ0) is 49.4. The molecule has 368 valence electrons. The Morgan fingerprint density at radius 1 is 0.493 bits per heavy atom. The third-order valence-electron chi connectivity index (χ3n) is 21.8. The summed E-state index contributed by atoms with van der Waals surface area (Å²) in [5, 5.41) is 7.77. The van der Waals surface area contributed by atoms with Crippen molar-refractivity contribution in [1.29, 1.82) is 0 Å². The van der Waals surface area contributed by atoms with Crippen LogP contribution in [0.2, 0.25) is 0 Å². The van der Waals surface area contributed by atoms with Gasteiger partial charge in [-0.05, 0) is 258 Å². The first kappa shape index (κ1) is 42.7. The Morgan fingerprint density at radius 2 is 1.11 bits per heavy atom. The quantitative estimate of drug-likeness (QED) is 0.164. The molecule has 0 unspecified atom stereocenters. The number of hydrogen-bond donors (Lipinski definition) is 0. The highest BCUT2D eigenvalue weighted by molar-refractivity contribution is 6.90. The maximum Gasteiger partial charge on any atom is 0.333 e. The number of hydrogen-bond acceptors (Lipinski definition) is 2. The second kappa shape index (κ2) is 14.5. The lowest BCUT2D eigenvalue weighted by Gasteiger charge is -2.57. The molecule has 8 bridgehead atoms. The molecule has 0 amide bonds. The molecule has 0 radical (unpaired) electrons. The topological polar surface area (TPSA) is 21.3 Å². The van der Waals surface area contributed by atoms with Crippen LogP contribution in [0.5, 0.6) is 0 Å². The average Bonchev–Trinajstić information content (AvgIpc) is 3.92. The SMILES string of the molecule is Cc1cc2c3c(c1)N(c1ccc(C(C)(C)C)cc1-c1ccccc1)c1cc4c(cc1B3n1c3ccc(C56CC7CC(CC(C7)C5)C6)cc3c3cc(C56CC7CC(CC(C7)C5)C6)cc-2c31)oc1cc2ccccc2cc14. The Kier molecular flexibility index (Phi) is 8.25. The van der Waals surface area contributed by atoms with E-state index in [1.165, 1.54) is 182 Å². The number of fused-ring (bicyclic) bond motifs is 11. The fraction of sp³-hybridized carbons (Fsp3) is 0.352. The molecule has 0 N–H and O–H groups in total. The van der Waals surface area contributed by atoms with Crippen molar-refractivity contribution in [3.8, 4) is 22.3 Å². The van der Waals surface area contributed by atoms with Gasteiger partial charge in [-0.1, -0.05) is 93.6 Å². The van der Waals surface area contributed by atoms with Gasteiger partial charge in [-0.15, -0.1) is 0 Å². The van der Waals surface area contributed by atoms with E-state index in [1.807, 2.05) is 0 Å². The molecule has 8 aromatic carbocycles. The molecule has 10 aromatic rings. The first-order valence-electron chi connectivity index (χ1n) is 29.2. The van der Waals surface area contributed by atoms with Gasteiger partial charge in [-0.25, -0.2) is 0 Å². The lowest BCUT2D eigenvalue weighted by atomic mass is 9.44. The van der Waals surface area contributed by atoms with Crippen molar-refractivity contribution in [3.05, 3.63) is 162 Å². The van der Waals surface area contributed by atoms with Crippen LogP contribution in [0.3, 0.4) is 0 Å². The minimum atomic E-state index is -0.0594. The number of benzene rings is 8. The Balaban J connectivity index is 0.956. The molecule has 8 aliphatic carbocycles. The first-order valence-corrected chi connectivity index (χ1v) is 29.2. The van der Waals surface area contributed by atoms with Gasteiger partial charge in [0.25, 0.3) is 0 Å². The summed E-state index contributed by atoms with van der Waals surface area (Å²) in [4.78, 5) is 2.69. The number of rotatable bonds is 4. The van der Waals surface area contributed by atoms with Crippen LogP contribution in [0.15, 0.2) is 144 Å². The summed E-state index contributed by atoms with van der Waals surface area (Å²) >= 11 is 0. The Morgan fingerprint density at radius 3 is 1.79 bits per heavy atom. The molecule has 20 rings (SSSR count). The number of furan rings is 1. The summed E-state index contributed by atoms with van der Waals surface area (Å²) in [5.41, 5.74) is 23.1. The minimum absolute atomic E-state index is 0.0192. The molecule has 0 atom stereocenters. The molecule has 2 aromatic heterocycles. The summed E-state index contributed by atoms with van der Waals surface area (Å²) in [7, 11) is 0. The van der Waals surface area contributed by atoms with Crippen molar-refractivity contribution in [2.24, 2.45) is 35.5 Å². The molecule has 75 heavy (non-hydrogen) atoms. The third-order valence-corrected chi connectivity index (χ3v) is 21.8. The fourth-order valence-electron chi connectivity index (χ4n) is 19.5. The van der Waals surface area contributed by atoms with E-state index in [4.69, 9.17) is 4.42 Å². The number of aromatic nitrogens is 1. The second-order valence-corrected chi connectivity index (χ2v) is 27.5. The standard InChI is InChI=1S/C71H65BN2O/c1-40-18-57-59-31-52(71-37-44-23-45(38-71)25-46(24-44)39-71)30-58-54-29-51(70-34-41-20-42(35-70)22-43(21-41)36-70)15-17-62(54)74(68(58)59)72-60-33-66-56(55-26-48-12-8-9-13-49(48)27-65(55)75-66)32-63(60)73(64(19-40)67(57)72)61-16-14-50(69(2,3)4)28-53(61)47-10-6-5-7-11-47/h5-19,26-33,41-46H,20-25,34-39H2,1-4H3. The lowest BCUT2D eigenvalue weighted by molar-refractivity contribution is -0.00527. The molecule has 8 saturated carbocycles. The van der Waals surface area contributed by atoms with Crippen LogP contribution in [-0.2, 0) is 16.2 Å². The predicted octanol–water partition coefficient (Wildman–Crippen LogP) is 17.5. The van der Waals surface area contributed by atoms with Crippen molar-refractivity contribution in [1.82, 2.24) is 4.48 Å². The smallest absolute Gasteiger partial charge is 0.333 e. The number of aryl methyl sites for hydroxylation is 1. The highest BCUT2D eigenvalue weighted by Crippen LogP contribution is 2.64. The van der Waals surface area contributed by atoms with Crippen molar-refractivity contribution >= 4 is 89.4 Å². The summed E-state index contributed by atoms with van der Waals surface area (Å²) in [6, 6.07) is 55.6. The molecular formula is C71H65BN2O. The van der Waals surface area contributed by atoms with Crippen LogP contribution < -0.4 is 15.8 Å². The minimum Gasteiger partial charge on any atom is -0.456 e. The Labute approximate surface area is 441 Å². The molecule has 10 aliphatic rings. The summed E-state index contributed by atoms with van der Waals surface area (Å²) in [5.74, 6) is 5.36. The van der Waals surface area contributed by atoms with Gasteiger partial charge >= 0.3 is 6.85 Å². The lowest BCUT2D eigenvalue weighted by Crippen LogP contribution is -2.56. The molecule has 4 heterocycles. The van der Waals surface area contributed by atoms with Crippen LogP contribution in [-0.4, -0.2) is 11.3 Å². The van der Waals surface area contributed by atoms with Crippen LogP contribution in [0, 0.1) is 42.4 Å². The molecule has 0 saturated heterocycles. The Hall–Kier alpha value is -6.52. The summed E-state index contributed by atoms with van der Waals surface area (Å²) in [6.07, 6.45) is 17.1. The van der Waals surface area contributed by atoms with Gasteiger partial charge in [-0.3, -0.25) is 0 Å². The normalized spacial score (nSPS) is 27.7. The number of nitrogens with zero attached hydrogens (tertiary/aromatic N) is 2. The van der Waals surface area contributed by atoms with Crippen LogP contribution in [0.4, 0.5) is 17.1 Å². The van der Waals surface area contributed by atoms with E-state index in [2.05, 4.69) is 177 Å². The zero-order valence-corrected chi connectivity index (χ0v) is 44.1. The largest absolute Gasteiger partial charge is 0.456 e. The van der Waals surface area contributed by atoms with Gasteiger partial charge < -0.3 is 13.8 Å². The molecule has 2 aliphatic heterocycles. The second-order valence-electron chi connectivity index (χ2n) is 27.5. The molecule has 8 fully saturated rings. The van der Waals surface area contributed by atoms with Gasteiger partial charge in [0.1, 0.15) is 11.2 Å². The first-order chi connectivity index (χ1) is 36.5. The van der Waals surface area contributed by atoms with Crippen molar-refractivity contribution in [2.75, 3.05) is 4.90 Å². The molecule has 4 heteroatoms. The van der Waals surface area contributed by atoms with Crippen LogP contribution in [0.1, 0.15) is 120 Å². The highest BCUT2D eigenvalue weighted by Gasteiger charge is 2.54. The van der Waals surface area contributed by atoms with Gasteiger partial charge in [0.2, 0.25) is 0 Å². The van der Waals surface area contributed by atoms with Gasteiger partial charge in [0.05, 0.1) is 5.69 Å². The van der Waals surface area contributed by atoms with E-state index in [9.17, 15) is 0 Å². The third kappa shape index (κ3) is 5.85. The monoisotopic (exact) mass is 973 g/mol. The van der Waals surface area contributed by atoms with Crippen molar-refractivity contribution < 1.29 is 4.42 Å². The van der Waals surface area contributed by atoms with Gasteiger partial charge in [-0.2, -0.15) is 0 Å². The predicted molar refractivity (Wildman–Crippen MR) is 313 cm³/mol. The molecule has 0 spiro atoms. The van der Waals surface area contributed by atoms with Gasteiger partial charge in [0, 0.05) is 55.1 Å². The van der Waals surface area contributed by atoms with Crippen LogP contribution >= 0.6 is 0 Å². The Bertz CT molecular complexity index is 4090. The summed E-state index contributed by atoms with van der Waals surface area (Å²) < 4.78 is 9.97. The maximum absolute atomic E-state index is 7.11. The van der Waals surface area contributed by atoms with E-state index >= 15 is 0 Å². The highest BCUT2D eigenvalue weighted by atomic mass is 16.3. The average molecular weight is 973 g/mol. The van der Waals surface area contributed by atoms with Crippen molar-refractivity contribution in [3.63, 3.8) is 0 Å². The fourth-order valence-corrected chi connectivity index (χ4v) is 19.5. The van der Waals surface area contributed by atoms with Gasteiger partial charge in [0.15, 0.2) is 0 Å². The molecular weight excluding hydrogens is 908 g/mol. The zero-order valence-electron chi connectivity index (χ0n) is 44.1. The van der Waals surface area contributed by atoms with Crippen molar-refractivity contribution in [2.45, 2.75) is 121 Å². The maximum atomic E-state index is 7.11. The molecule has 3 nitrogen and oxygen atoms in total. The van der Waals surface area contributed by atoms with E-state index in [0.29, 0.717) is 5.41 Å². The summed E-state index contributed by atoms with van der Waals surface area (Å²) in [6.45, 7) is 9.35. The van der Waals surface area contributed by atoms with E-state index < -0.39 is 0 Å². The number of anilines is 3. The van der Waals surface area contributed by atoms with E-state index in [-0.39, 0.29) is 17.7 Å². The van der Waals surface area contributed by atoms with E-state index in [0.717, 1.165) is 46.7 Å². The van der Waals surface area contributed by atoms with Crippen LogP contribution in [0.25, 0.3) is 76.8 Å². The van der Waals surface area contributed by atoms with E-state index in [1.54, 1.807) is 11.1 Å².